The van der Waals surface area contributed by atoms with Gasteiger partial charge in [-0.15, -0.1) is 0 Å². The summed E-state index contributed by atoms with van der Waals surface area (Å²) in [6, 6.07) is 18.8. The summed E-state index contributed by atoms with van der Waals surface area (Å²) in [6.45, 7) is 1.12. The number of ether oxygens (including phenoxy) is 1. The van der Waals surface area contributed by atoms with E-state index < -0.39 is 0 Å². The van der Waals surface area contributed by atoms with E-state index in [1.165, 1.54) is 16.7 Å². The van der Waals surface area contributed by atoms with Crippen LogP contribution in [0.4, 0.5) is 0 Å². The molecule has 2 aliphatic heterocycles. The average Bonchev–Trinajstić information content (AvgIpc) is 3.16. The van der Waals surface area contributed by atoms with Gasteiger partial charge in [0.25, 0.3) is 5.91 Å². The second kappa shape index (κ2) is 6.98. The van der Waals surface area contributed by atoms with E-state index in [1.807, 2.05) is 29.2 Å². The molecule has 4 heteroatoms. The maximum absolute atomic E-state index is 13.2. The van der Waals surface area contributed by atoms with Crippen LogP contribution in [0.2, 0.25) is 0 Å². The summed E-state index contributed by atoms with van der Waals surface area (Å²) in [5.74, 6) is 0.0966. The van der Waals surface area contributed by atoms with Gasteiger partial charge in [0.05, 0.1) is 12.1 Å². The van der Waals surface area contributed by atoms with Crippen LogP contribution in [-0.2, 0) is 22.5 Å². The van der Waals surface area contributed by atoms with Crippen molar-refractivity contribution >= 4 is 5.91 Å². The third-order valence-electron chi connectivity index (χ3n) is 5.36. The minimum atomic E-state index is -0.356. The highest BCUT2D eigenvalue weighted by atomic mass is 16.5. The summed E-state index contributed by atoms with van der Waals surface area (Å²) >= 11 is 0. The number of amides is 1. The number of rotatable bonds is 3. The van der Waals surface area contributed by atoms with Gasteiger partial charge < -0.3 is 15.4 Å². The highest BCUT2D eigenvalue weighted by Gasteiger charge is 2.38. The molecule has 2 N–H and O–H groups in total. The predicted octanol–water partition coefficient (Wildman–Crippen LogP) is 2.82. The average molecular weight is 336 g/mol. The lowest BCUT2D eigenvalue weighted by atomic mass is 9.89. The zero-order valence-corrected chi connectivity index (χ0v) is 14.3. The highest BCUT2D eigenvalue weighted by Crippen LogP contribution is 2.35. The lowest BCUT2D eigenvalue weighted by molar-refractivity contribution is -0.146. The Labute approximate surface area is 148 Å². The SMILES string of the molecule is NC[C@H]1CC[C@@H](C(=O)N2Cc3ccccc3CC2c2ccccc2)O1. The molecule has 0 bridgehead atoms. The molecule has 0 radical (unpaired) electrons. The molecule has 2 heterocycles. The molecule has 25 heavy (non-hydrogen) atoms. The number of hydrogen-bond acceptors (Lipinski definition) is 3. The second-order valence-electron chi connectivity index (χ2n) is 6.93. The van der Waals surface area contributed by atoms with Gasteiger partial charge in [0.1, 0.15) is 6.10 Å². The van der Waals surface area contributed by atoms with Crippen molar-refractivity contribution in [3.63, 3.8) is 0 Å². The first-order valence-electron chi connectivity index (χ1n) is 9.04. The van der Waals surface area contributed by atoms with Gasteiger partial charge in [-0.1, -0.05) is 54.6 Å². The quantitative estimate of drug-likeness (QED) is 0.938. The molecule has 1 fully saturated rings. The molecule has 2 aromatic carbocycles. The van der Waals surface area contributed by atoms with Crippen LogP contribution in [0.25, 0.3) is 0 Å². The minimum absolute atomic E-state index is 0.0150. The fourth-order valence-corrected chi connectivity index (χ4v) is 3.97. The molecule has 130 valence electrons. The summed E-state index contributed by atoms with van der Waals surface area (Å²) in [7, 11) is 0. The third kappa shape index (κ3) is 3.20. The van der Waals surface area contributed by atoms with E-state index in [4.69, 9.17) is 10.5 Å². The van der Waals surface area contributed by atoms with Gasteiger partial charge >= 0.3 is 0 Å². The molecule has 4 rings (SSSR count). The molecule has 4 nitrogen and oxygen atoms in total. The molecule has 0 saturated carbocycles. The number of carbonyl (C=O) groups is 1. The molecule has 1 saturated heterocycles. The standard InChI is InChI=1S/C21H24N2O2/c22-13-18-10-11-20(25-18)21(24)23-14-17-9-5-4-8-16(17)12-19(23)15-6-2-1-3-7-15/h1-9,18-20H,10-14,22H2/t18-,19?,20+/m1/s1. The van der Waals surface area contributed by atoms with Crippen molar-refractivity contribution in [3.8, 4) is 0 Å². The minimum Gasteiger partial charge on any atom is -0.364 e. The van der Waals surface area contributed by atoms with Crippen molar-refractivity contribution in [1.29, 1.82) is 0 Å². The fraction of sp³-hybridized carbons (Fsp3) is 0.381. The second-order valence-corrected chi connectivity index (χ2v) is 6.93. The zero-order chi connectivity index (χ0) is 17.2. The Hall–Kier alpha value is -2.17. The predicted molar refractivity (Wildman–Crippen MR) is 96.8 cm³/mol. The van der Waals surface area contributed by atoms with Gasteiger partial charge in [0, 0.05) is 13.1 Å². The van der Waals surface area contributed by atoms with E-state index in [2.05, 4.69) is 30.3 Å². The Bertz CT molecular complexity index is 747. The van der Waals surface area contributed by atoms with Crippen molar-refractivity contribution in [1.82, 2.24) is 4.90 Å². The highest BCUT2D eigenvalue weighted by molar-refractivity contribution is 5.82. The number of fused-ring (bicyclic) bond motifs is 1. The molecule has 0 spiro atoms. The molecule has 0 aliphatic carbocycles. The topological polar surface area (TPSA) is 55.6 Å². The van der Waals surface area contributed by atoms with Crippen LogP contribution in [-0.4, -0.2) is 29.6 Å². The van der Waals surface area contributed by atoms with E-state index in [0.717, 1.165) is 19.3 Å². The maximum atomic E-state index is 13.2. The maximum Gasteiger partial charge on any atom is 0.252 e. The lowest BCUT2D eigenvalue weighted by Gasteiger charge is -2.38. The lowest BCUT2D eigenvalue weighted by Crippen LogP contribution is -2.44. The Morgan fingerprint density at radius 3 is 2.48 bits per heavy atom. The van der Waals surface area contributed by atoms with E-state index in [9.17, 15) is 4.79 Å². The first-order valence-corrected chi connectivity index (χ1v) is 9.04. The molecule has 0 aromatic heterocycles. The van der Waals surface area contributed by atoms with Gasteiger partial charge in [-0.05, 0) is 36.0 Å². The van der Waals surface area contributed by atoms with Crippen molar-refractivity contribution in [2.45, 2.75) is 44.1 Å². The molecule has 1 unspecified atom stereocenters. The summed E-state index contributed by atoms with van der Waals surface area (Å²) < 4.78 is 5.88. The first kappa shape index (κ1) is 16.3. The van der Waals surface area contributed by atoms with Crippen LogP contribution >= 0.6 is 0 Å². The van der Waals surface area contributed by atoms with Crippen molar-refractivity contribution in [2.24, 2.45) is 5.73 Å². The Morgan fingerprint density at radius 2 is 1.76 bits per heavy atom. The Balaban J connectivity index is 1.64. The van der Waals surface area contributed by atoms with E-state index in [-0.39, 0.29) is 24.2 Å². The number of nitrogens with two attached hydrogens (primary N) is 1. The number of hydrogen-bond donors (Lipinski definition) is 1. The molecule has 1 amide bonds. The molecule has 2 aromatic rings. The van der Waals surface area contributed by atoms with E-state index in [1.54, 1.807) is 0 Å². The summed E-state index contributed by atoms with van der Waals surface area (Å²) in [5.41, 5.74) is 9.44. The van der Waals surface area contributed by atoms with E-state index >= 15 is 0 Å². The van der Waals surface area contributed by atoms with Gasteiger partial charge in [-0.2, -0.15) is 0 Å². The van der Waals surface area contributed by atoms with Gasteiger partial charge in [-0.25, -0.2) is 0 Å². The summed E-state index contributed by atoms with van der Waals surface area (Å²) in [5, 5.41) is 0. The number of nitrogens with zero attached hydrogens (tertiary/aromatic N) is 1. The van der Waals surface area contributed by atoms with Crippen molar-refractivity contribution < 1.29 is 9.53 Å². The largest absolute Gasteiger partial charge is 0.364 e. The summed E-state index contributed by atoms with van der Waals surface area (Å²) in [6.07, 6.45) is 2.14. The number of benzene rings is 2. The number of carbonyl (C=O) groups excluding carboxylic acids is 1. The van der Waals surface area contributed by atoms with Gasteiger partial charge in [-0.3, -0.25) is 4.79 Å². The van der Waals surface area contributed by atoms with Crippen LogP contribution in [0.5, 0.6) is 0 Å². The Morgan fingerprint density at radius 1 is 1.04 bits per heavy atom. The van der Waals surface area contributed by atoms with Crippen LogP contribution in [0.3, 0.4) is 0 Å². The molecule has 2 aliphatic rings. The van der Waals surface area contributed by atoms with Crippen LogP contribution in [0, 0.1) is 0 Å². The third-order valence-corrected chi connectivity index (χ3v) is 5.36. The van der Waals surface area contributed by atoms with E-state index in [0.29, 0.717) is 13.1 Å². The zero-order valence-electron chi connectivity index (χ0n) is 14.3. The van der Waals surface area contributed by atoms with Crippen LogP contribution in [0.15, 0.2) is 54.6 Å². The molecular formula is C21H24N2O2. The monoisotopic (exact) mass is 336 g/mol. The Kier molecular flexibility index (Phi) is 4.55. The van der Waals surface area contributed by atoms with Crippen LogP contribution in [0.1, 0.15) is 35.6 Å². The molecule has 3 atom stereocenters. The van der Waals surface area contributed by atoms with Crippen LogP contribution < -0.4 is 5.73 Å². The van der Waals surface area contributed by atoms with Crippen molar-refractivity contribution in [2.75, 3.05) is 6.54 Å². The van der Waals surface area contributed by atoms with Gasteiger partial charge in [0.2, 0.25) is 0 Å². The fourth-order valence-electron chi connectivity index (χ4n) is 3.97. The van der Waals surface area contributed by atoms with Gasteiger partial charge in [0.15, 0.2) is 0 Å². The summed E-state index contributed by atoms with van der Waals surface area (Å²) in [4.78, 5) is 15.2. The molecular weight excluding hydrogens is 312 g/mol. The first-order chi connectivity index (χ1) is 12.3. The smallest absolute Gasteiger partial charge is 0.252 e. The van der Waals surface area contributed by atoms with Crippen molar-refractivity contribution in [3.05, 3.63) is 71.3 Å². The normalized spacial score (nSPS) is 25.6.